The summed E-state index contributed by atoms with van der Waals surface area (Å²) in [5.74, 6) is 0. The molecule has 2 heteroatoms. The predicted octanol–water partition coefficient (Wildman–Crippen LogP) is 4.88. The third kappa shape index (κ3) is 4.69. The SMILES string of the molecule is CCCCC(NCCC)c1ccc(Cl)cc1C. The lowest BCUT2D eigenvalue weighted by atomic mass is 9.97. The van der Waals surface area contributed by atoms with Crippen molar-refractivity contribution in [3.63, 3.8) is 0 Å². The molecule has 0 aliphatic heterocycles. The number of hydrogen-bond acceptors (Lipinski definition) is 1. The van der Waals surface area contributed by atoms with Gasteiger partial charge in [-0.3, -0.25) is 0 Å². The van der Waals surface area contributed by atoms with Crippen molar-refractivity contribution in [2.75, 3.05) is 6.54 Å². The molecule has 0 saturated heterocycles. The Balaban J connectivity index is 2.79. The lowest BCUT2D eigenvalue weighted by Gasteiger charge is -2.21. The highest BCUT2D eigenvalue weighted by atomic mass is 35.5. The van der Waals surface area contributed by atoms with Gasteiger partial charge in [-0.1, -0.05) is 44.4 Å². The molecule has 0 spiro atoms. The van der Waals surface area contributed by atoms with Crippen molar-refractivity contribution in [1.29, 1.82) is 0 Å². The highest BCUT2D eigenvalue weighted by Crippen LogP contribution is 2.25. The molecule has 0 aromatic heterocycles. The zero-order valence-electron chi connectivity index (χ0n) is 11.2. The van der Waals surface area contributed by atoms with Gasteiger partial charge in [0, 0.05) is 11.1 Å². The number of hydrogen-bond donors (Lipinski definition) is 1. The molecule has 1 aromatic rings. The quantitative estimate of drug-likeness (QED) is 0.730. The Morgan fingerprint density at radius 1 is 1.24 bits per heavy atom. The van der Waals surface area contributed by atoms with Crippen molar-refractivity contribution in [1.82, 2.24) is 5.32 Å². The van der Waals surface area contributed by atoms with Crippen LogP contribution in [-0.4, -0.2) is 6.54 Å². The Morgan fingerprint density at radius 3 is 2.59 bits per heavy atom. The van der Waals surface area contributed by atoms with E-state index in [4.69, 9.17) is 11.6 Å². The van der Waals surface area contributed by atoms with Crippen LogP contribution in [0.15, 0.2) is 18.2 Å². The van der Waals surface area contributed by atoms with Gasteiger partial charge in [0.15, 0.2) is 0 Å². The first kappa shape index (κ1) is 14.5. The van der Waals surface area contributed by atoms with Gasteiger partial charge >= 0.3 is 0 Å². The Kier molecular flexibility index (Phi) is 6.61. The first-order chi connectivity index (χ1) is 8.19. The Labute approximate surface area is 111 Å². The van der Waals surface area contributed by atoms with Gasteiger partial charge < -0.3 is 5.32 Å². The largest absolute Gasteiger partial charge is 0.310 e. The zero-order valence-corrected chi connectivity index (χ0v) is 12.0. The summed E-state index contributed by atoms with van der Waals surface area (Å²) in [6.07, 6.45) is 4.90. The first-order valence-electron chi connectivity index (χ1n) is 6.68. The van der Waals surface area contributed by atoms with E-state index in [1.165, 1.54) is 36.8 Å². The number of unbranched alkanes of at least 4 members (excludes halogenated alkanes) is 1. The number of nitrogens with one attached hydrogen (secondary N) is 1. The molecule has 1 rings (SSSR count). The van der Waals surface area contributed by atoms with E-state index in [9.17, 15) is 0 Å². The third-order valence-electron chi connectivity index (χ3n) is 3.09. The summed E-state index contributed by atoms with van der Waals surface area (Å²) in [6.45, 7) is 7.68. The van der Waals surface area contributed by atoms with Crippen LogP contribution in [0, 0.1) is 6.92 Å². The lowest BCUT2D eigenvalue weighted by Crippen LogP contribution is -2.22. The van der Waals surface area contributed by atoms with Crippen molar-refractivity contribution in [2.45, 2.75) is 52.5 Å². The van der Waals surface area contributed by atoms with Crippen LogP contribution in [0.5, 0.6) is 0 Å². The van der Waals surface area contributed by atoms with Gasteiger partial charge in [-0.2, -0.15) is 0 Å². The van der Waals surface area contributed by atoms with Crippen LogP contribution in [0.2, 0.25) is 5.02 Å². The molecule has 0 heterocycles. The van der Waals surface area contributed by atoms with Crippen molar-refractivity contribution in [3.05, 3.63) is 34.3 Å². The smallest absolute Gasteiger partial charge is 0.0408 e. The van der Waals surface area contributed by atoms with Gasteiger partial charge in [0.2, 0.25) is 0 Å². The minimum absolute atomic E-state index is 0.479. The predicted molar refractivity (Wildman–Crippen MR) is 76.7 cm³/mol. The highest BCUT2D eigenvalue weighted by molar-refractivity contribution is 6.30. The summed E-state index contributed by atoms with van der Waals surface area (Å²) in [4.78, 5) is 0. The van der Waals surface area contributed by atoms with E-state index in [1.54, 1.807) is 0 Å². The van der Waals surface area contributed by atoms with Crippen LogP contribution >= 0.6 is 11.6 Å². The van der Waals surface area contributed by atoms with E-state index in [2.05, 4.69) is 38.2 Å². The van der Waals surface area contributed by atoms with E-state index < -0.39 is 0 Å². The summed E-state index contributed by atoms with van der Waals surface area (Å²) in [5, 5.41) is 4.47. The molecular weight excluding hydrogens is 230 g/mol. The molecule has 1 N–H and O–H groups in total. The van der Waals surface area contributed by atoms with Gasteiger partial charge in [-0.25, -0.2) is 0 Å². The van der Waals surface area contributed by atoms with Crippen molar-refractivity contribution < 1.29 is 0 Å². The topological polar surface area (TPSA) is 12.0 Å². The van der Waals surface area contributed by atoms with Crippen LogP contribution < -0.4 is 5.32 Å². The van der Waals surface area contributed by atoms with Gasteiger partial charge in [0.1, 0.15) is 0 Å². The maximum absolute atomic E-state index is 6.01. The Bertz CT molecular complexity index is 328. The van der Waals surface area contributed by atoms with Gasteiger partial charge in [-0.15, -0.1) is 0 Å². The molecule has 96 valence electrons. The maximum Gasteiger partial charge on any atom is 0.0408 e. The minimum Gasteiger partial charge on any atom is -0.310 e. The normalized spacial score (nSPS) is 12.7. The molecule has 1 nitrogen and oxygen atoms in total. The summed E-state index contributed by atoms with van der Waals surface area (Å²) < 4.78 is 0. The average Bonchev–Trinajstić information content (AvgIpc) is 2.30. The van der Waals surface area contributed by atoms with Crippen molar-refractivity contribution >= 4 is 11.6 Å². The first-order valence-corrected chi connectivity index (χ1v) is 7.06. The molecule has 1 aromatic carbocycles. The van der Waals surface area contributed by atoms with Crippen LogP contribution in [-0.2, 0) is 0 Å². The molecule has 17 heavy (non-hydrogen) atoms. The average molecular weight is 254 g/mol. The fourth-order valence-corrected chi connectivity index (χ4v) is 2.35. The monoisotopic (exact) mass is 253 g/mol. The number of rotatable bonds is 7. The molecule has 0 radical (unpaired) electrons. The fourth-order valence-electron chi connectivity index (χ4n) is 2.12. The molecule has 0 amide bonds. The number of halogens is 1. The Hall–Kier alpha value is -0.530. The van der Waals surface area contributed by atoms with Crippen molar-refractivity contribution in [3.8, 4) is 0 Å². The summed E-state index contributed by atoms with van der Waals surface area (Å²) in [6, 6.07) is 6.70. The van der Waals surface area contributed by atoms with E-state index in [0.717, 1.165) is 11.6 Å². The third-order valence-corrected chi connectivity index (χ3v) is 3.33. The molecule has 0 aliphatic carbocycles. The van der Waals surface area contributed by atoms with Gasteiger partial charge in [0.05, 0.1) is 0 Å². The van der Waals surface area contributed by atoms with Crippen LogP contribution in [0.4, 0.5) is 0 Å². The van der Waals surface area contributed by atoms with Crippen LogP contribution in [0.25, 0.3) is 0 Å². The summed E-state index contributed by atoms with van der Waals surface area (Å²) in [7, 11) is 0. The molecule has 0 saturated carbocycles. The number of aryl methyl sites for hydroxylation is 1. The second-order valence-electron chi connectivity index (χ2n) is 4.65. The molecule has 1 unspecified atom stereocenters. The Morgan fingerprint density at radius 2 is 2.00 bits per heavy atom. The minimum atomic E-state index is 0.479. The van der Waals surface area contributed by atoms with Crippen LogP contribution in [0.1, 0.15) is 56.7 Å². The maximum atomic E-state index is 6.01. The molecule has 1 atom stereocenters. The van der Waals surface area contributed by atoms with E-state index >= 15 is 0 Å². The highest BCUT2D eigenvalue weighted by Gasteiger charge is 2.12. The van der Waals surface area contributed by atoms with E-state index in [1.807, 2.05) is 6.07 Å². The lowest BCUT2D eigenvalue weighted by molar-refractivity contribution is 0.480. The summed E-state index contributed by atoms with van der Waals surface area (Å²) in [5.41, 5.74) is 2.69. The molecule has 0 bridgehead atoms. The molecular formula is C15H24ClN. The second kappa shape index (κ2) is 7.73. The van der Waals surface area contributed by atoms with E-state index in [-0.39, 0.29) is 0 Å². The second-order valence-corrected chi connectivity index (χ2v) is 5.09. The molecule has 0 aliphatic rings. The van der Waals surface area contributed by atoms with Crippen LogP contribution in [0.3, 0.4) is 0 Å². The zero-order chi connectivity index (χ0) is 12.7. The standard InChI is InChI=1S/C15H24ClN/c1-4-6-7-15(17-10-5-2)14-9-8-13(16)11-12(14)3/h8-9,11,15,17H,4-7,10H2,1-3H3. The fraction of sp³-hybridized carbons (Fsp3) is 0.600. The van der Waals surface area contributed by atoms with Gasteiger partial charge in [-0.05, 0) is 49.6 Å². The summed E-state index contributed by atoms with van der Waals surface area (Å²) >= 11 is 6.01. The number of benzene rings is 1. The molecule has 0 fully saturated rings. The van der Waals surface area contributed by atoms with Crippen molar-refractivity contribution in [2.24, 2.45) is 0 Å². The van der Waals surface area contributed by atoms with E-state index in [0.29, 0.717) is 6.04 Å². The van der Waals surface area contributed by atoms with Gasteiger partial charge in [0.25, 0.3) is 0 Å².